The first-order chi connectivity index (χ1) is 8.61. The van der Waals surface area contributed by atoms with Crippen molar-refractivity contribution < 1.29 is 0 Å². The van der Waals surface area contributed by atoms with Gasteiger partial charge in [0.15, 0.2) is 0 Å². The quantitative estimate of drug-likeness (QED) is 0.846. The van der Waals surface area contributed by atoms with Gasteiger partial charge in [-0.3, -0.25) is 0 Å². The average Bonchev–Trinajstić information content (AvgIpc) is 2.71. The molecule has 0 bridgehead atoms. The van der Waals surface area contributed by atoms with Crippen LogP contribution in [0.3, 0.4) is 0 Å². The molecule has 0 saturated heterocycles. The van der Waals surface area contributed by atoms with Crippen molar-refractivity contribution in [2.24, 2.45) is 7.05 Å². The number of hydrogen-bond acceptors (Lipinski definition) is 3. The predicted molar refractivity (Wildman–Crippen MR) is 75.7 cm³/mol. The van der Waals surface area contributed by atoms with Crippen molar-refractivity contribution in [1.82, 2.24) is 20.2 Å². The third-order valence-corrected chi connectivity index (χ3v) is 3.23. The summed E-state index contributed by atoms with van der Waals surface area (Å²) in [4.78, 5) is 4.41. The van der Waals surface area contributed by atoms with Crippen LogP contribution in [-0.4, -0.2) is 29.2 Å². The molecule has 0 aliphatic rings. The van der Waals surface area contributed by atoms with E-state index in [1.54, 1.807) is 0 Å². The molecule has 2 N–H and O–H groups in total. The molecule has 98 valence electrons. The first kappa shape index (κ1) is 13.1. The number of likely N-dealkylation sites (N-methyl/N-ethyl adjacent to an activating group) is 1. The summed E-state index contributed by atoms with van der Waals surface area (Å²) in [5.41, 5.74) is 3.50. The van der Waals surface area contributed by atoms with E-state index in [9.17, 15) is 0 Å². The molecule has 1 heterocycles. The summed E-state index contributed by atoms with van der Waals surface area (Å²) in [5, 5.41) is 6.81. The molecule has 1 atom stereocenters. The van der Waals surface area contributed by atoms with Crippen molar-refractivity contribution in [3.63, 3.8) is 0 Å². The van der Waals surface area contributed by atoms with Crippen LogP contribution < -0.4 is 10.6 Å². The fourth-order valence-electron chi connectivity index (χ4n) is 2.11. The molecule has 0 saturated carbocycles. The summed E-state index contributed by atoms with van der Waals surface area (Å²) in [6.45, 7) is 5.25. The maximum Gasteiger partial charge on any atom is 0.0955 e. The number of hydrogen-bond donors (Lipinski definition) is 2. The Morgan fingerprint density at radius 1 is 1.33 bits per heavy atom. The standard InChI is InChI=1S/C14H22N4/c1-10(2)16-8-13(15-3)11-5-6-14-12(7-11)17-9-18(14)4/h5-7,9-10,13,15-16H,8H2,1-4H3. The monoisotopic (exact) mass is 246 g/mol. The van der Waals surface area contributed by atoms with Gasteiger partial charge in [0.1, 0.15) is 0 Å². The first-order valence-electron chi connectivity index (χ1n) is 6.43. The van der Waals surface area contributed by atoms with E-state index < -0.39 is 0 Å². The molecular weight excluding hydrogens is 224 g/mol. The molecule has 1 aromatic carbocycles. The highest BCUT2D eigenvalue weighted by Gasteiger charge is 2.11. The van der Waals surface area contributed by atoms with E-state index in [4.69, 9.17) is 0 Å². The van der Waals surface area contributed by atoms with Crippen molar-refractivity contribution in [3.8, 4) is 0 Å². The smallest absolute Gasteiger partial charge is 0.0955 e. The number of benzene rings is 1. The summed E-state index contributed by atoms with van der Waals surface area (Å²) in [6, 6.07) is 7.29. The highest BCUT2D eigenvalue weighted by molar-refractivity contribution is 5.76. The maximum atomic E-state index is 4.41. The zero-order valence-corrected chi connectivity index (χ0v) is 11.6. The fourth-order valence-corrected chi connectivity index (χ4v) is 2.11. The third kappa shape index (κ3) is 2.71. The Kier molecular flexibility index (Phi) is 3.99. The molecule has 2 aromatic rings. The topological polar surface area (TPSA) is 41.9 Å². The van der Waals surface area contributed by atoms with Crippen LogP contribution in [0.25, 0.3) is 11.0 Å². The number of rotatable bonds is 5. The molecule has 18 heavy (non-hydrogen) atoms. The number of imidazole rings is 1. The molecule has 0 amide bonds. The lowest BCUT2D eigenvalue weighted by atomic mass is 10.1. The Morgan fingerprint density at radius 2 is 2.11 bits per heavy atom. The van der Waals surface area contributed by atoms with Gasteiger partial charge in [-0.15, -0.1) is 0 Å². The number of aromatic nitrogens is 2. The second-order valence-electron chi connectivity index (χ2n) is 5.01. The van der Waals surface area contributed by atoms with E-state index in [1.165, 1.54) is 11.1 Å². The third-order valence-electron chi connectivity index (χ3n) is 3.23. The van der Waals surface area contributed by atoms with Gasteiger partial charge in [-0.05, 0) is 24.7 Å². The van der Waals surface area contributed by atoms with Crippen molar-refractivity contribution in [2.75, 3.05) is 13.6 Å². The molecule has 1 aromatic heterocycles. The summed E-state index contributed by atoms with van der Waals surface area (Å²) in [5.74, 6) is 0. The molecule has 0 fully saturated rings. The first-order valence-corrected chi connectivity index (χ1v) is 6.43. The second kappa shape index (κ2) is 5.50. The Bertz CT molecular complexity index is 515. The Hall–Kier alpha value is -1.39. The lowest BCUT2D eigenvalue weighted by Crippen LogP contribution is -2.33. The maximum absolute atomic E-state index is 4.41. The number of fused-ring (bicyclic) bond motifs is 1. The van der Waals surface area contributed by atoms with Gasteiger partial charge in [0.05, 0.1) is 17.4 Å². The minimum Gasteiger partial charge on any atom is -0.334 e. The molecule has 0 aliphatic carbocycles. The van der Waals surface area contributed by atoms with Gasteiger partial charge in [-0.1, -0.05) is 19.9 Å². The van der Waals surface area contributed by atoms with Crippen LogP contribution in [0.2, 0.25) is 0 Å². The molecule has 0 aliphatic heterocycles. The predicted octanol–water partition coefficient (Wildman–Crippen LogP) is 1.83. The molecule has 0 spiro atoms. The number of aryl methyl sites for hydroxylation is 1. The van der Waals surface area contributed by atoms with E-state index in [0.717, 1.165) is 12.1 Å². The van der Waals surface area contributed by atoms with Crippen LogP contribution in [0.4, 0.5) is 0 Å². The molecule has 4 nitrogen and oxygen atoms in total. The van der Waals surface area contributed by atoms with E-state index in [1.807, 2.05) is 25.0 Å². The Morgan fingerprint density at radius 3 is 2.78 bits per heavy atom. The van der Waals surface area contributed by atoms with Crippen molar-refractivity contribution in [2.45, 2.75) is 25.9 Å². The average molecular weight is 246 g/mol. The highest BCUT2D eigenvalue weighted by atomic mass is 15.0. The zero-order chi connectivity index (χ0) is 13.1. The Labute approximate surface area is 108 Å². The summed E-state index contributed by atoms with van der Waals surface area (Å²) >= 11 is 0. The number of nitrogens with zero attached hydrogens (tertiary/aromatic N) is 2. The van der Waals surface area contributed by atoms with Crippen LogP contribution in [0.5, 0.6) is 0 Å². The lowest BCUT2D eigenvalue weighted by Gasteiger charge is -2.19. The van der Waals surface area contributed by atoms with Crippen molar-refractivity contribution >= 4 is 11.0 Å². The van der Waals surface area contributed by atoms with E-state index in [-0.39, 0.29) is 0 Å². The van der Waals surface area contributed by atoms with E-state index in [2.05, 4.69) is 47.7 Å². The van der Waals surface area contributed by atoms with Crippen LogP contribution in [0.1, 0.15) is 25.5 Å². The van der Waals surface area contributed by atoms with Crippen molar-refractivity contribution in [1.29, 1.82) is 0 Å². The summed E-state index contributed by atoms with van der Waals surface area (Å²) < 4.78 is 2.04. The van der Waals surface area contributed by atoms with Crippen LogP contribution >= 0.6 is 0 Å². The molecule has 4 heteroatoms. The Balaban J connectivity index is 2.22. The van der Waals surface area contributed by atoms with E-state index >= 15 is 0 Å². The molecule has 2 rings (SSSR count). The molecular formula is C14H22N4. The molecule has 1 unspecified atom stereocenters. The lowest BCUT2D eigenvalue weighted by molar-refractivity contribution is 0.491. The minimum absolute atomic E-state index is 0.318. The van der Waals surface area contributed by atoms with Gasteiger partial charge in [-0.2, -0.15) is 0 Å². The second-order valence-corrected chi connectivity index (χ2v) is 5.01. The van der Waals surface area contributed by atoms with E-state index in [0.29, 0.717) is 12.1 Å². The largest absolute Gasteiger partial charge is 0.334 e. The van der Waals surface area contributed by atoms with Crippen LogP contribution in [-0.2, 0) is 7.05 Å². The summed E-state index contributed by atoms with van der Waals surface area (Å²) in [7, 11) is 4.01. The SMILES string of the molecule is CNC(CNC(C)C)c1ccc2c(c1)ncn2C. The van der Waals surface area contributed by atoms with Gasteiger partial charge in [0.25, 0.3) is 0 Å². The van der Waals surface area contributed by atoms with Gasteiger partial charge in [0.2, 0.25) is 0 Å². The number of nitrogens with one attached hydrogen (secondary N) is 2. The van der Waals surface area contributed by atoms with Gasteiger partial charge in [0, 0.05) is 25.7 Å². The highest BCUT2D eigenvalue weighted by Crippen LogP contribution is 2.18. The van der Waals surface area contributed by atoms with Gasteiger partial charge >= 0.3 is 0 Å². The van der Waals surface area contributed by atoms with Crippen LogP contribution in [0.15, 0.2) is 24.5 Å². The zero-order valence-electron chi connectivity index (χ0n) is 11.6. The summed E-state index contributed by atoms with van der Waals surface area (Å²) in [6.07, 6.45) is 1.86. The fraction of sp³-hybridized carbons (Fsp3) is 0.500. The molecule has 0 radical (unpaired) electrons. The normalized spacial score (nSPS) is 13.4. The van der Waals surface area contributed by atoms with Crippen LogP contribution in [0, 0.1) is 0 Å². The minimum atomic E-state index is 0.318. The van der Waals surface area contributed by atoms with Gasteiger partial charge in [-0.25, -0.2) is 4.98 Å². The van der Waals surface area contributed by atoms with Crippen molar-refractivity contribution in [3.05, 3.63) is 30.1 Å². The van der Waals surface area contributed by atoms with Gasteiger partial charge < -0.3 is 15.2 Å².